The van der Waals surface area contributed by atoms with Gasteiger partial charge in [-0.15, -0.1) is 12.4 Å². The molecule has 0 radical (unpaired) electrons. The maximum atomic E-state index is 13.1. The second-order valence-corrected chi connectivity index (χ2v) is 8.57. The first-order chi connectivity index (χ1) is 16.5. The van der Waals surface area contributed by atoms with E-state index < -0.39 is 4.92 Å². The molecule has 3 aliphatic heterocycles. The lowest BCUT2D eigenvalue weighted by Gasteiger charge is -2.30. The van der Waals surface area contributed by atoms with Crippen molar-refractivity contribution in [1.29, 1.82) is 0 Å². The van der Waals surface area contributed by atoms with Crippen molar-refractivity contribution in [3.05, 3.63) is 82.1 Å². The number of nitrogens with one attached hydrogen (secondary N) is 1. The van der Waals surface area contributed by atoms with Crippen molar-refractivity contribution in [3.63, 3.8) is 0 Å². The highest BCUT2D eigenvalue weighted by Gasteiger charge is 2.33. The number of anilines is 1. The number of piperidine rings is 1. The minimum Gasteiger partial charge on any atom is -0.451 e. The fraction of sp³-hybridized carbons (Fsp3) is 0.280. The van der Waals surface area contributed by atoms with Gasteiger partial charge in [0.25, 0.3) is 17.5 Å². The van der Waals surface area contributed by atoms with Crippen molar-refractivity contribution in [3.8, 4) is 11.3 Å². The van der Waals surface area contributed by atoms with Crippen LogP contribution < -0.4 is 5.32 Å². The molecule has 3 aromatic rings. The number of rotatable bonds is 5. The van der Waals surface area contributed by atoms with Crippen LogP contribution in [0.25, 0.3) is 11.3 Å². The number of hydrogen-bond acceptors (Lipinski definition) is 6. The smallest absolute Gasteiger partial charge is 0.289 e. The third-order valence-electron chi connectivity index (χ3n) is 6.50. The molecule has 0 spiro atoms. The summed E-state index contributed by atoms with van der Waals surface area (Å²) >= 11 is 0. The molecule has 2 aromatic carbocycles. The number of fused-ring (bicyclic) bond motifs is 4. The molecule has 3 fully saturated rings. The molecule has 2 amide bonds. The quantitative estimate of drug-likeness (QED) is 0.413. The van der Waals surface area contributed by atoms with Crippen LogP contribution in [0.15, 0.2) is 65.1 Å². The van der Waals surface area contributed by atoms with E-state index in [1.54, 1.807) is 36.4 Å². The van der Waals surface area contributed by atoms with E-state index in [4.69, 9.17) is 4.42 Å². The normalized spacial score (nSPS) is 18.9. The summed E-state index contributed by atoms with van der Waals surface area (Å²) in [7, 11) is 0. The first-order valence-electron chi connectivity index (χ1n) is 11.3. The number of halogens is 1. The number of benzene rings is 2. The van der Waals surface area contributed by atoms with E-state index in [1.807, 2.05) is 4.90 Å². The topological polar surface area (TPSA) is 109 Å². The van der Waals surface area contributed by atoms with E-state index in [-0.39, 0.29) is 36.0 Å². The maximum Gasteiger partial charge on any atom is 0.289 e. The molecule has 0 aliphatic carbocycles. The van der Waals surface area contributed by atoms with E-state index in [0.717, 1.165) is 44.6 Å². The monoisotopic (exact) mass is 496 g/mol. The Morgan fingerprint density at radius 2 is 1.60 bits per heavy atom. The number of hydrogen-bond donors (Lipinski definition) is 1. The molecular weight excluding hydrogens is 472 g/mol. The van der Waals surface area contributed by atoms with Crippen molar-refractivity contribution in [2.24, 2.45) is 0 Å². The van der Waals surface area contributed by atoms with Gasteiger partial charge in [0.1, 0.15) is 5.76 Å². The van der Waals surface area contributed by atoms with Gasteiger partial charge in [-0.25, -0.2) is 0 Å². The highest BCUT2D eigenvalue weighted by Crippen LogP contribution is 2.27. The van der Waals surface area contributed by atoms with Gasteiger partial charge in [-0.3, -0.25) is 19.7 Å². The van der Waals surface area contributed by atoms with Crippen molar-refractivity contribution in [2.45, 2.75) is 18.9 Å². The van der Waals surface area contributed by atoms with Gasteiger partial charge in [-0.2, -0.15) is 0 Å². The number of non-ortho nitro benzene ring substituents is 1. The van der Waals surface area contributed by atoms with Crippen LogP contribution in [-0.4, -0.2) is 58.8 Å². The van der Waals surface area contributed by atoms with E-state index in [1.165, 1.54) is 24.3 Å². The zero-order valence-electron chi connectivity index (χ0n) is 18.9. The fourth-order valence-corrected chi connectivity index (χ4v) is 4.56. The van der Waals surface area contributed by atoms with Crippen molar-refractivity contribution in [2.75, 3.05) is 31.5 Å². The molecular formula is C25H25ClN4O5. The largest absolute Gasteiger partial charge is 0.451 e. The second kappa shape index (κ2) is 10.3. The maximum absolute atomic E-state index is 13.1. The van der Waals surface area contributed by atoms with Crippen molar-refractivity contribution >= 4 is 35.6 Å². The molecule has 6 rings (SSSR count). The molecule has 1 aromatic heterocycles. The van der Waals surface area contributed by atoms with Gasteiger partial charge >= 0.3 is 0 Å². The van der Waals surface area contributed by atoms with Gasteiger partial charge in [0, 0.05) is 61.2 Å². The number of nitrogens with zero attached hydrogens (tertiary/aromatic N) is 3. The Labute approximate surface area is 208 Å². The summed E-state index contributed by atoms with van der Waals surface area (Å²) in [6, 6.07) is 16.3. The molecule has 0 unspecified atom stereocenters. The van der Waals surface area contributed by atoms with Crippen LogP contribution in [-0.2, 0) is 0 Å². The van der Waals surface area contributed by atoms with E-state index in [2.05, 4.69) is 10.2 Å². The molecule has 2 bridgehead atoms. The van der Waals surface area contributed by atoms with Crippen molar-refractivity contribution < 1.29 is 18.9 Å². The van der Waals surface area contributed by atoms with Gasteiger partial charge in [0.05, 0.1) is 4.92 Å². The summed E-state index contributed by atoms with van der Waals surface area (Å²) in [5.41, 5.74) is 1.61. The van der Waals surface area contributed by atoms with E-state index in [9.17, 15) is 19.7 Å². The number of nitro benzene ring substituents is 1. The lowest BCUT2D eigenvalue weighted by atomic mass is 10.1. The van der Waals surface area contributed by atoms with Crippen molar-refractivity contribution in [1.82, 2.24) is 9.80 Å². The van der Waals surface area contributed by atoms with Gasteiger partial charge in [-0.1, -0.05) is 0 Å². The first kappa shape index (κ1) is 24.4. The average Bonchev–Trinajstić information content (AvgIpc) is 3.16. The second-order valence-electron chi connectivity index (χ2n) is 8.57. The lowest BCUT2D eigenvalue weighted by Crippen LogP contribution is -2.41. The Kier molecular flexibility index (Phi) is 7.18. The zero-order chi connectivity index (χ0) is 23.7. The summed E-state index contributed by atoms with van der Waals surface area (Å²) in [5.74, 6) is 0.494. The predicted molar refractivity (Wildman–Crippen MR) is 133 cm³/mol. The van der Waals surface area contributed by atoms with Crippen LogP contribution in [0.3, 0.4) is 0 Å². The van der Waals surface area contributed by atoms with Gasteiger partial charge in [0.15, 0.2) is 5.76 Å². The molecule has 0 saturated carbocycles. The Morgan fingerprint density at radius 1 is 0.914 bits per heavy atom. The molecule has 0 atom stereocenters. The number of amides is 2. The van der Waals surface area contributed by atoms with E-state index in [0.29, 0.717) is 22.8 Å². The minimum atomic E-state index is -0.510. The molecule has 3 aliphatic rings. The average molecular weight is 497 g/mol. The zero-order valence-corrected chi connectivity index (χ0v) is 19.7. The highest BCUT2D eigenvalue weighted by atomic mass is 35.5. The van der Waals surface area contributed by atoms with Gasteiger partial charge < -0.3 is 19.5 Å². The standard InChI is InChI=1S/C25H24N4O5.ClH/c30-24(18-3-7-21(8-4-18)29(32)33)26-19-5-1-17(2-6-19)22-9-10-23(34-22)25(31)28-16-15-27-13-11-20(28)12-14-27;/h1-10,20H,11-16H2,(H,26,30);1H. The molecule has 10 heteroatoms. The SMILES string of the molecule is Cl.O=C(Nc1ccc(-c2ccc(C(=O)N3CCN4CCC3CC4)o2)cc1)c1ccc([N+](=O)[O-])cc1. The molecule has 3 saturated heterocycles. The van der Waals surface area contributed by atoms with Crippen LogP contribution >= 0.6 is 12.4 Å². The molecule has 4 heterocycles. The Morgan fingerprint density at radius 3 is 2.26 bits per heavy atom. The minimum absolute atomic E-state index is 0. The van der Waals surface area contributed by atoms with Gasteiger partial charge in [-0.05, 0) is 61.4 Å². The van der Waals surface area contributed by atoms with Crippen LogP contribution in [0, 0.1) is 10.1 Å². The van der Waals surface area contributed by atoms with Crippen LogP contribution in [0.2, 0.25) is 0 Å². The third-order valence-corrected chi connectivity index (χ3v) is 6.50. The number of carbonyl (C=O) groups is 2. The Hall–Kier alpha value is -3.69. The van der Waals surface area contributed by atoms with Gasteiger partial charge in [0.2, 0.25) is 0 Å². The molecule has 182 valence electrons. The fourth-order valence-electron chi connectivity index (χ4n) is 4.56. The summed E-state index contributed by atoms with van der Waals surface area (Å²) in [4.78, 5) is 40.1. The first-order valence-corrected chi connectivity index (χ1v) is 11.3. The van der Waals surface area contributed by atoms with Crippen LogP contribution in [0.1, 0.15) is 33.8 Å². The molecule has 9 nitrogen and oxygen atoms in total. The highest BCUT2D eigenvalue weighted by molar-refractivity contribution is 6.04. The predicted octanol–water partition coefficient (Wildman–Crippen LogP) is 4.45. The lowest BCUT2D eigenvalue weighted by molar-refractivity contribution is -0.384. The summed E-state index contributed by atoms with van der Waals surface area (Å²) in [5, 5.41) is 13.5. The van der Waals surface area contributed by atoms with Crippen LogP contribution in [0.5, 0.6) is 0 Å². The molecule has 1 N–H and O–H groups in total. The number of nitro groups is 1. The Balaban J connectivity index is 0.00000289. The number of furan rings is 1. The summed E-state index contributed by atoms with van der Waals surface area (Å²) < 4.78 is 5.91. The van der Waals surface area contributed by atoms with Crippen LogP contribution in [0.4, 0.5) is 11.4 Å². The summed E-state index contributed by atoms with van der Waals surface area (Å²) in [6.07, 6.45) is 2.01. The van der Waals surface area contributed by atoms with E-state index >= 15 is 0 Å². The Bertz CT molecular complexity index is 1220. The number of carbonyl (C=O) groups excluding carboxylic acids is 2. The summed E-state index contributed by atoms with van der Waals surface area (Å²) in [6.45, 7) is 3.72. The third kappa shape index (κ3) is 5.21. The molecule has 35 heavy (non-hydrogen) atoms.